The Morgan fingerprint density at radius 1 is 1.30 bits per heavy atom. The van der Waals surface area contributed by atoms with Crippen molar-refractivity contribution in [3.05, 3.63) is 44.6 Å². The van der Waals surface area contributed by atoms with Crippen LogP contribution in [0.5, 0.6) is 0 Å². The van der Waals surface area contributed by atoms with Crippen molar-refractivity contribution in [2.24, 2.45) is 17.3 Å². The van der Waals surface area contributed by atoms with Crippen LogP contribution < -0.4 is 5.43 Å². The van der Waals surface area contributed by atoms with Crippen molar-refractivity contribution < 1.29 is 14.6 Å². The van der Waals surface area contributed by atoms with Crippen LogP contribution in [0.25, 0.3) is 0 Å². The average Bonchev–Trinajstić information content (AvgIpc) is 2.86. The lowest BCUT2D eigenvalue weighted by atomic mass is 9.49. The van der Waals surface area contributed by atoms with E-state index >= 15 is 0 Å². The van der Waals surface area contributed by atoms with Crippen LogP contribution in [-0.4, -0.2) is 23.3 Å². The monoisotopic (exact) mass is 312 g/mol. The second kappa shape index (κ2) is 4.04. The molecule has 0 amide bonds. The molecule has 2 heterocycles. The standard InChI is InChI=1S/C19H20O4/c1-8-5-11(20)6-10-3-4-19-9(2)16(21)17(23-18(19)22)13-7-12(8)14(10)15(13)19/h5-6,9,13,15-17,21H,3-4,7H2,1-2H3/t9?,13-,15-,16?,17+,19+/m0/s1. The molecular formula is C19H20O4. The quantitative estimate of drug-likeness (QED) is 0.737. The van der Waals surface area contributed by atoms with E-state index in [0.717, 1.165) is 17.5 Å². The van der Waals surface area contributed by atoms with E-state index in [-0.39, 0.29) is 29.2 Å². The normalized spacial score (nSPS) is 42.4. The van der Waals surface area contributed by atoms with Crippen LogP contribution in [0.3, 0.4) is 0 Å². The molecule has 1 saturated carbocycles. The van der Waals surface area contributed by atoms with E-state index in [2.05, 4.69) is 0 Å². The minimum Gasteiger partial charge on any atom is -0.459 e. The van der Waals surface area contributed by atoms with E-state index < -0.39 is 17.6 Å². The molecule has 1 aromatic carbocycles. The fourth-order valence-electron chi connectivity index (χ4n) is 6.03. The molecule has 2 unspecified atom stereocenters. The number of hydrogen-bond acceptors (Lipinski definition) is 4. The number of hydrogen-bond donors (Lipinski definition) is 1. The fraction of sp³-hybridized carbons (Fsp3) is 0.579. The van der Waals surface area contributed by atoms with Gasteiger partial charge in [-0.1, -0.05) is 6.92 Å². The molecule has 0 radical (unpaired) electrons. The van der Waals surface area contributed by atoms with Gasteiger partial charge in [0, 0.05) is 17.8 Å². The molecular weight excluding hydrogens is 292 g/mol. The molecule has 1 aromatic rings. The molecule has 4 heteroatoms. The lowest BCUT2D eigenvalue weighted by Gasteiger charge is -2.59. The molecule has 23 heavy (non-hydrogen) atoms. The number of carbonyl (C=O) groups excluding carboxylic acids is 1. The summed E-state index contributed by atoms with van der Waals surface area (Å²) in [6.45, 7) is 3.98. The molecule has 4 nitrogen and oxygen atoms in total. The Balaban J connectivity index is 1.85. The van der Waals surface area contributed by atoms with Crippen molar-refractivity contribution >= 4 is 5.97 Å². The van der Waals surface area contributed by atoms with Gasteiger partial charge in [0.05, 0.1) is 11.5 Å². The summed E-state index contributed by atoms with van der Waals surface area (Å²) in [5, 5.41) is 10.7. The fourth-order valence-corrected chi connectivity index (χ4v) is 6.03. The molecule has 5 aliphatic rings. The van der Waals surface area contributed by atoms with Gasteiger partial charge in [0.2, 0.25) is 0 Å². The largest absolute Gasteiger partial charge is 0.459 e. The molecule has 0 aromatic heterocycles. The van der Waals surface area contributed by atoms with Crippen LogP contribution in [0.1, 0.15) is 41.5 Å². The summed E-state index contributed by atoms with van der Waals surface area (Å²) < 4.78 is 5.67. The topological polar surface area (TPSA) is 63.6 Å². The lowest BCUT2D eigenvalue weighted by Crippen LogP contribution is -2.67. The maximum atomic E-state index is 12.8. The van der Waals surface area contributed by atoms with E-state index in [4.69, 9.17) is 4.74 Å². The average molecular weight is 312 g/mol. The van der Waals surface area contributed by atoms with Gasteiger partial charge >= 0.3 is 5.97 Å². The Morgan fingerprint density at radius 2 is 2.09 bits per heavy atom. The summed E-state index contributed by atoms with van der Waals surface area (Å²) in [7, 11) is 0. The molecule has 1 spiro atoms. The first-order valence-corrected chi connectivity index (χ1v) is 8.51. The number of rotatable bonds is 0. The van der Waals surface area contributed by atoms with Crippen LogP contribution >= 0.6 is 0 Å². The molecule has 6 atom stereocenters. The number of aryl methyl sites for hydroxylation is 2. The van der Waals surface area contributed by atoms with Crippen LogP contribution in [0.2, 0.25) is 0 Å². The minimum atomic E-state index is -0.610. The maximum Gasteiger partial charge on any atom is 0.313 e. The third-order valence-corrected chi connectivity index (χ3v) is 7.07. The number of esters is 1. The summed E-state index contributed by atoms with van der Waals surface area (Å²) in [5.74, 6) is 0.0405. The van der Waals surface area contributed by atoms with E-state index in [0.29, 0.717) is 12.8 Å². The first-order chi connectivity index (χ1) is 10.9. The van der Waals surface area contributed by atoms with Crippen LogP contribution in [0.4, 0.5) is 0 Å². The molecule has 120 valence electrons. The van der Waals surface area contributed by atoms with Gasteiger partial charge in [0.15, 0.2) is 5.43 Å². The first kappa shape index (κ1) is 13.7. The van der Waals surface area contributed by atoms with Crippen LogP contribution in [0, 0.1) is 24.2 Å². The van der Waals surface area contributed by atoms with E-state index in [1.807, 2.05) is 13.8 Å². The zero-order chi connectivity index (χ0) is 16.1. The number of aliphatic hydroxyl groups is 1. The van der Waals surface area contributed by atoms with Gasteiger partial charge in [-0.3, -0.25) is 9.59 Å². The Labute approximate surface area is 134 Å². The van der Waals surface area contributed by atoms with Gasteiger partial charge in [-0.2, -0.15) is 0 Å². The van der Waals surface area contributed by atoms with Gasteiger partial charge in [-0.25, -0.2) is 0 Å². The highest BCUT2D eigenvalue weighted by Gasteiger charge is 2.70. The molecule has 3 fully saturated rings. The second-order valence-electron chi connectivity index (χ2n) is 7.83. The Kier molecular flexibility index (Phi) is 2.41. The highest BCUT2D eigenvalue weighted by atomic mass is 16.6. The SMILES string of the molecule is Cc1cc(=O)cc2c3c1C[C@H]1[C@@H]3[C@]3(CC2)C(=O)O[C@H]1C(O)C3C. The van der Waals surface area contributed by atoms with Crippen molar-refractivity contribution in [2.75, 3.05) is 0 Å². The van der Waals surface area contributed by atoms with Crippen molar-refractivity contribution in [1.29, 1.82) is 0 Å². The molecule has 2 saturated heterocycles. The highest BCUT2D eigenvalue weighted by Crippen LogP contribution is 2.66. The van der Waals surface area contributed by atoms with E-state index in [1.165, 1.54) is 11.1 Å². The number of aliphatic hydroxyl groups excluding tert-OH is 1. The zero-order valence-electron chi connectivity index (χ0n) is 13.3. The minimum absolute atomic E-state index is 0.0519. The van der Waals surface area contributed by atoms with Gasteiger partial charge < -0.3 is 9.84 Å². The highest BCUT2D eigenvalue weighted by molar-refractivity contribution is 5.83. The summed E-state index contributed by atoms with van der Waals surface area (Å²) >= 11 is 0. The second-order valence-corrected chi connectivity index (χ2v) is 7.83. The van der Waals surface area contributed by atoms with Crippen molar-refractivity contribution in [3.8, 4) is 0 Å². The van der Waals surface area contributed by atoms with Gasteiger partial charge in [0.25, 0.3) is 0 Å². The number of ether oxygens (including phenoxy) is 1. The lowest BCUT2D eigenvalue weighted by molar-refractivity contribution is -0.236. The molecule has 1 N–H and O–H groups in total. The number of fused-ring (bicyclic) bond motifs is 2. The smallest absolute Gasteiger partial charge is 0.313 e. The Bertz CT molecular complexity index is 814. The van der Waals surface area contributed by atoms with Gasteiger partial charge in [-0.15, -0.1) is 0 Å². The molecule has 2 bridgehead atoms. The summed E-state index contributed by atoms with van der Waals surface area (Å²) in [6, 6.07) is 3.47. The predicted molar refractivity (Wildman–Crippen MR) is 83.2 cm³/mol. The third kappa shape index (κ3) is 1.38. The summed E-state index contributed by atoms with van der Waals surface area (Å²) in [4.78, 5) is 24.9. The van der Waals surface area contributed by atoms with Crippen LogP contribution in [-0.2, 0) is 22.4 Å². The van der Waals surface area contributed by atoms with E-state index in [9.17, 15) is 14.7 Å². The van der Waals surface area contributed by atoms with Crippen molar-refractivity contribution in [3.63, 3.8) is 0 Å². The maximum absolute atomic E-state index is 12.8. The van der Waals surface area contributed by atoms with Crippen molar-refractivity contribution in [1.82, 2.24) is 0 Å². The Hall–Kier alpha value is -1.68. The predicted octanol–water partition coefficient (Wildman–Crippen LogP) is 1.48. The summed E-state index contributed by atoms with van der Waals surface area (Å²) in [6.07, 6.45) is 1.21. The molecule has 3 aliphatic carbocycles. The molecule has 6 rings (SSSR count). The molecule has 2 aliphatic heterocycles. The first-order valence-electron chi connectivity index (χ1n) is 8.51. The van der Waals surface area contributed by atoms with Gasteiger partial charge in [-0.05, 0) is 60.6 Å². The zero-order valence-corrected chi connectivity index (χ0v) is 13.3. The van der Waals surface area contributed by atoms with Gasteiger partial charge in [0.1, 0.15) is 6.10 Å². The Morgan fingerprint density at radius 3 is 2.87 bits per heavy atom. The van der Waals surface area contributed by atoms with Crippen LogP contribution in [0.15, 0.2) is 16.9 Å². The van der Waals surface area contributed by atoms with E-state index in [1.54, 1.807) is 12.1 Å². The third-order valence-electron chi connectivity index (χ3n) is 7.07. The number of carbonyl (C=O) groups is 1. The summed E-state index contributed by atoms with van der Waals surface area (Å²) in [5.41, 5.74) is 4.00. The van der Waals surface area contributed by atoms with Crippen molar-refractivity contribution in [2.45, 2.75) is 51.2 Å².